The zero-order chi connectivity index (χ0) is 42.0. The van der Waals surface area contributed by atoms with Gasteiger partial charge in [0.1, 0.15) is 0 Å². The Labute approximate surface area is 365 Å². The molecule has 300 valence electrons. The smallest absolute Gasteiger partial charge is 0.0497 e. The summed E-state index contributed by atoms with van der Waals surface area (Å²) in [6.07, 6.45) is 15.8. The highest BCUT2D eigenvalue weighted by Gasteiger charge is 2.33. The highest BCUT2D eigenvalue weighted by molar-refractivity contribution is 7.20. The first-order valence-corrected chi connectivity index (χ1v) is 22.8. The Hall–Kier alpha value is -6.22. The molecule has 0 saturated heterocycles. The van der Waals surface area contributed by atoms with Crippen molar-refractivity contribution in [2.75, 3.05) is 4.90 Å². The summed E-state index contributed by atoms with van der Waals surface area (Å²) in [5, 5.41) is 6.47. The molecule has 1 aromatic heterocycles. The maximum Gasteiger partial charge on any atom is 0.0497 e. The fraction of sp³-hybridized carbons (Fsp3) is 0.186. The number of rotatable bonds is 6. The third kappa shape index (κ3) is 6.60. The van der Waals surface area contributed by atoms with Crippen molar-refractivity contribution in [3.8, 4) is 33.4 Å². The van der Waals surface area contributed by atoms with Crippen molar-refractivity contribution in [3.63, 3.8) is 0 Å². The van der Waals surface area contributed by atoms with Gasteiger partial charge in [0.05, 0.1) is 0 Å². The Bertz CT molecular complexity index is 3140. The fourth-order valence-corrected chi connectivity index (χ4v) is 11.1. The van der Waals surface area contributed by atoms with Crippen LogP contribution >= 0.6 is 11.3 Å². The molecule has 0 fully saturated rings. The number of aryl methyl sites for hydroxylation is 1. The van der Waals surface area contributed by atoms with Crippen LogP contribution in [-0.4, -0.2) is 0 Å². The van der Waals surface area contributed by atoms with Gasteiger partial charge in [0.25, 0.3) is 0 Å². The zero-order valence-electron chi connectivity index (χ0n) is 36.4. The van der Waals surface area contributed by atoms with Gasteiger partial charge in [-0.15, -0.1) is 11.3 Å². The third-order valence-electron chi connectivity index (χ3n) is 13.3. The van der Waals surface area contributed by atoms with Gasteiger partial charge in [-0.25, -0.2) is 0 Å². The topological polar surface area (TPSA) is 3.24 Å². The summed E-state index contributed by atoms with van der Waals surface area (Å²) in [5.41, 5.74) is 18.2. The van der Waals surface area contributed by atoms with Gasteiger partial charge in [-0.05, 0) is 164 Å². The summed E-state index contributed by atoms with van der Waals surface area (Å²) in [4.78, 5) is 3.94. The predicted octanol–water partition coefficient (Wildman–Crippen LogP) is 17.6. The SMILES string of the molecule is C/C=C\C=C1/C(C)c2cc(-c3cccc4c5c(sc34)C=CCC5)ccc2N1c1ccc2c(-c3ccc(/C(C)=C\C)cc3)c3ccccc3c(-c3ccc(C(C)(C)C)cc3)c2c1. The Morgan fingerprint density at radius 2 is 1.38 bits per heavy atom. The largest absolute Gasteiger partial charge is 0.313 e. The van der Waals surface area contributed by atoms with E-state index in [4.69, 9.17) is 0 Å². The lowest BCUT2D eigenvalue weighted by Crippen LogP contribution is -2.12. The van der Waals surface area contributed by atoms with E-state index in [0.29, 0.717) is 0 Å². The van der Waals surface area contributed by atoms with Crippen LogP contribution in [0.3, 0.4) is 0 Å². The van der Waals surface area contributed by atoms with Gasteiger partial charge in [-0.2, -0.15) is 0 Å². The molecular formula is C59H53NS. The summed E-state index contributed by atoms with van der Waals surface area (Å²) in [7, 11) is 0. The van der Waals surface area contributed by atoms with Crippen LogP contribution in [0.1, 0.15) is 87.9 Å². The van der Waals surface area contributed by atoms with Gasteiger partial charge in [0.15, 0.2) is 0 Å². The second kappa shape index (κ2) is 15.4. The minimum absolute atomic E-state index is 0.0690. The minimum atomic E-state index is 0.0690. The molecule has 2 heterocycles. The lowest BCUT2D eigenvalue weighted by molar-refractivity contribution is 0.590. The Balaban J connectivity index is 1.19. The third-order valence-corrected chi connectivity index (χ3v) is 14.5. The van der Waals surface area contributed by atoms with E-state index in [2.05, 4.69) is 217 Å². The lowest BCUT2D eigenvalue weighted by Gasteiger charge is -2.25. The molecule has 1 nitrogen and oxygen atoms in total. The Kier molecular flexibility index (Phi) is 9.80. The van der Waals surface area contributed by atoms with Crippen molar-refractivity contribution in [1.82, 2.24) is 0 Å². The molecule has 1 aliphatic heterocycles. The van der Waals surface area contributed by atoms with Crippen LogP contribution in [0.15, 0.2) is 163 Å². The molecule has 2 aliphatic rings. The highest BCUT2D eigenvalue weighted by atomic mass is 32.1. The van der Waals surface area contributed by atoms with Crippen LogP contribution in [0.5, 0.6) is 0 Å². The van der Waals surface area contributed by atoms with Crippen LogP contribution in [0.25, 0.3) is 76.7 Å². The quantitative estimate of drug-likeness (QED) is 0.151. The molecular weight excluding hydrogens is 755 g/mol. The molecule has 1 unspecified atom stereocenters. The van der Waals surface area contributed by atoms with E-state index < -0.39 is 0 Å². The van der Waals surface area contributed by atoms with E-state index in [1.165, 1.54) is 115 Å². The molecule has 10 rings (SSSR count). The van der Waals surface area contributed by atoms with Gasteiger partial charge in [0, 0.05) is 32.6 Å². The minimum Gasteiger partial charge on any atom is -0.313 e. The molecule has 2 heteroatoms. The average Bonchev–Trinajstić information content (AvgIpc) is 3.81. The lowest BCUT2D eigenvalue weighted by atomic mass is 9.83. The summed E-state index contributed by atoms with van der Waals surface area (Å²) < 4.78 is 1.40. The highest BCUT2D eigenvalue weighted by Crippen LogP contribution is 2.52. The van der Waals surface area contributed by atoms with Crippen molar-refractivity contribution in [3.05, 3.63) is 191 Å². The summed E-state index contributed by atoms with van der Waals surface area (Å²) in [6.45, 7) is 15.7. The van der Waals surface area contributed by atoms with Gasteiger partial charge >= 0.3 is 0 Å². The first kappa shape index (κ1) is 38.9. The first-order valence-electron chi connectivity index (χ1n) is 22.0. The number of benzene rings is 7. The van der Waals surface area contributed by atoms with E-state index in [1.807, 2.05) is 11.3 Å². The van der Waals surface area contributed by atoms with E-state index in [-0.39, 0.29) is 11.3 Å². The molecule has 1 atom stereocenters. The Morgan fingerprint density at radius 3 is 2.08 bits per heavy atom. The number of fused-ring (bicyclic) bond motifs is 6. The van der Waals surface area contributed by atoms with Gasteiger partial charge in [-0.1, -0.05) is 155 Å². The molecule has 1 aliphatic carbocycles. The van der Waals surface area contributed by atoms with Crippen LogP contribution in [-0.2, 0) is 11.8 Å². The van der Waals surface area contributed by atoms with E-state index >= 15 is 0 Å². The van der Waals surface area contributed by atoms with Gasteiger partial charge in [-0.3, -0.25) is 0 Å². The van der Waals surface area contributed by atoms with Crippen molar-refractivity contribution < 1.29 is 0 Å². The Morgan fingerprint density at radius 1 is 0.705 bits per heavy atom. The number of anilines is 2. The molecule has 0 radical (unpaired) electrons. The number of hydrogen-bond acceptors (Lipinski definition) is 2. The van der Waals surface area contributed by atoms with E-state index in [1.54, 1.807) is 0 Å². The molecule has 8 aromatic rings. The number of allylic oxidation sites excluding steroid dienone is 7. The molecule has 0 amide bonds. The second-order valence-corrected chi connectivity index (χ2v) is 19.0. The van der Waals surface area contributed by atoms with Crippen LogP contribution in [0, 0.1) is 0 Å². The maximum absolute atomic E-state index is 2.52. The van der Waals surface area contributed by atoms with Crippen molar-refractivity contribution in [1.29, 1.82) is 0 Å². The van der Waals surface area contributed by atoms with Crippen LogP contribution in [0.4, 0.5) is 11.4 Å². The molecule has 7 aromatic carbocycles. The van der Waals surface area contributed by atoms with Crippen LogP contribution < -0.4 is 4.90 Å². The molecule has 0 spiro atoms. The van der Waals surface area contributed by atoms with Crippen molar-refractivity contribution in [2.24, 2.45) is 0 Å². The van der Waals surface area contributed by atoms with Gasteiger partial charge < -0.3 is 4.90 Å². The number of nitrogens with zero attached hydrogens (tertiary/aromatic N) is 1. The van der Waals surface area contributed by atoms with Gasteiger partial charge in [0.2, 0.25) is 0 Å². The molecule has 0 saturated carbocycles. The second-order valence-electron chi connectivity index (χ2n) is 17.9. The number of hydrogen-bond donors (Lipinski definition) is 0. The predicted molar refractivity (Wildman–Crippen MR) is 268 cm³/mol. The monoisotopic (exact) mass is 807 g/mol. The summed E-state index contributed by atoms with van der Waals surface area (Å²) in [6, 6.07) is 48.9. The summed E-state index contributed by atoms with van der Waals surface area (Å²) in [5.74, 6) is 0.205. The maximum atomic E-state index is 2.52. The normalized spacial score (nSPS) is 16.1. The average molecular weight is 808 g/mol. The van der Waals surface area contributed by atoms with E-state index in [9.17, 15) is 0 Å². The van der Waals surface area contributed by atoms with Crippen LogP contribution in [0.2, 0.25) is 0 Å². The fourth-order valence-electron chi connectivity index (χ4n) is 9.82. The van der Waals surface area contributed by atoms with E-state index in [0.717, 1.165) is 12.8 Å². The van der Waals surface area contributed by atoms with Crippen molar-refractivity contribution >= 4 is 66.0 Å². The summed E-state index contributed by atoms with van der Waals surface area (Å²) >= 11 is 1.95. The molecule has 0 bridgehead atoms. The zero-order valence-corrected chi connectivity index (χ0v) is 37.3. The molecule has 0 N–H and O–H groups in total. The first-order chi connectivity index (χ1) is 29.6. The standard InChI is InChI=1S/C59H53NS/c1-8-10-21-53-38(4)51-35-42(45-19-15-20-50-46-16-13-14-22-55(46)61-58(45)50)29-34-54(51)60(53)44-32-33-49-52(36-44)57(41-27-30-43(31-28-41)59(5,6)7)48-18-12-11-17-47(48)56(49)40-25-23-39(24-26-40)37(3)9-2/h8-12,14-15,17-36,38H,13,16H2,1-7H3/b10-8-,37-9-,53-21+. The van der Waals surface area contributed by atoms with Crippen molar-refractivity contribution in [2.45, 2.75) is 72.6 Å². The number of thiophene rings is 1. The molecule has 61 heavy (non-hydrogen) atoms.